The lowest BCUT2D eigenvalue weighted by atomic mass is 10.1. The molecule has 6 heteroatoms. The average molecular weight is 341 g/mol. The van der Waals surface area contributed by atoms with Crippen LogP contribution in [0.4, 0.5) is 8.78 Å². The first-order valence-corrected chi connectivity index (χ1v) is 6.64. The average Bonchev–Trinajstić information content (AvgIpc) is 2.41. The Morgan fingerprint density at radius 3 is 2.80 bits per heavy atom. The van der Waals surface area contributed by atoms with Crippen molar-refractivity contribution in [3.05, 3.63) is 63.9 Å². The molecule has 0 spiro atoms. The highest BCUT2D eigenvalue weighted by Crippen LogP contribution is 2.18. The van der Waals surface area contributed by atoms with Gasteiger partial charge in [-0.2, -0.15) is 4.39 Å². The zero-order chi connectivity index (χ0) is 14.7. The third kappa shape index (κ3) is 3.19. The molecule has 0 saturated heterocycles. The third-order valence-electron chi connectivity index (χ3n) is 2.79. The van der Waals surface area contributed by atoms with Crippen molar-refractivity contribution in [1.29, 1.82) is 0 Å². The number of hydrogen-bond acceptors (Lipinski definition) is 2. The molecule has 1 aromatic heterocycles. The van der Waals surface area contributed by atoms with Crippen LogP contribution in [0.15, 0.2) is 41.0 Å². The van der Waals surface area contributed by atoms with Gasteiger partial charge in [0.2, 0.25) is 5.95 Å². The minimum Gasteiger partial charge on any atom is -0.345 e. The molecule has 2 rings (SSSR count). The molecule has 20 heavy (non-hydrogen) atoms. The van der Waals surface area contributed by atoms with Gasteiger partial charge in [0, 0.05) is 10.7 Å². The van der Waals surface area contributed by atoms with Gasteiger partial charge in [0.15, 0.2) is 5.82 Å². The molecule has 1 heterocycles. The minimum atomic E-state index is -1.28. The Balaban J connectivity index is 2.17. The summed E-state index contributed by atoms with van der Waals surface area (Å²) in [4.78, 5) is 15.1. The van der Waals surface area contributed by atoms with Crippen molar-refractivity contribution in [2.45, 2.75) is 13.0 Å². The van der Waals surface area contributed by atoms with Gasteiger partial charge in [-0.1, -0.05) is 28.1 Å². The second-order valence-corrected chi connectivity index (χ2v) is 5.13. The largest absolute Gasteiger partial charge is 0.345 e. The first kappa shape index (κ1) is 14.6. The smallest absolute Gasteiger partial charge is 0.254 e. The summed E-state index contributed by atoms with van der Waals surface area (Å²) < 4.78 is 27.3. The summed E-state index contributed by atoms with van der Waals surface area (Å²) in [5.41, 5.74) is 0.488. The number of nitrogens with one attached hydrogen (secondary N) is 1. The lowest BCUT2D eigenvalue weighted by Crippen LogP contribution is -2.27. The Hall–Kier alpha value is -1.82. The van der Waals surface area contributed by atoms with Gasteiger partial charge in [0.1, 0.15) is 0 Å². The molecule has 1 aromatic carbocycles. The number of hydrogen-bond donors (Lipinski definition) is 1. The predicted octanol–water partition coefficient (Wildman–Crippen LogP) is 3.61. The van der Waals surface area contributed by atoms with E-state index in [1.807, 2.05) is 24.3 Å². The van der Waals surface area contributed by atoms with E-state index in [2.05, 4.69) is 26.2 Å². The highest BCUT2D eigenvalue weighted by molar-refractivity contribution is 9.10. The number of amides is 1. The number of benzene rings is 1. The van der Waals surface area contributed by atoms with Crippen LogP contribution in [0.1, 0.15) is 28.9 Å². The van der Waals surface area contributed by atoms with E-state index in [4.69, 9.17) is 0 Å². The molecule has 1 amide bonds. The van der Waals surface area contributed by atoms with E-state index in [0.29, 0.717) is 0 Å². The fourth-order valence-corrected chi connectivity index (χ4v) is 2.14. The van der Waals surface area contributed by atoms with Gasteiger partial charge >= 0.3 is 0 Å². The van der Waals surface area contributed by atoms with Crippen molar-refractivity contribution in [2.24, 2.45) is 0 Å². The predicted molar refractivity (Wildman–Crippen MR) is 74.2 cm³/mol. The first-order chi connectivity index (χ1) is 9.49. The van der Waals surface area contributed by atoms with Gasteiger partial charge in [-0.05, 0) is 30.7 Å². The fourth-order valence-electron chi connectivity index (χ4n) is 1.73. The van der Waals surface area contributed by atoms with Crippen LogP contribution >= 0.6 is 15.9 Å². The molecule has 1 N–H and O–H groups in total. The summed E-state index contributed by atoms with van der Waals surface area (Å²) in [6.45, 7) is 1.76. The highest BCUT2D eigenvalue weighted by Gasteiger charge is 2.18. The number of halogens is 3. The number of carbonyl (C=O) groups is 1. The minimum absolute atomic E-state index is 0.337. The Labute approximate surface area is 123 Å². The number of carbonyl (C=O) groups excluding carboxylic acids is 1. The molecule has 0 aliphatic rings. The molecule has 0 bridgehead atoms. The zero-order valence-electron chi connectivity index (χ0n) is 10.5. The van der Waals surface area contributed by atoms with Gasteiger partial charge < -0.3 is 5.32 Å². The monoisotopic (exact) mass is 340 g/mol. The van der Waals surface area contributed by atoms with E-state index in [9.17, 15) is 13.6 Å². The van der Waals surface area contributed by atoms with Crippen molar-refractivity contribution < 1.29 is 13.6 Å². The Morgan fingerprint density at radius 2 is 2.10 bits per heavy atom. The molecular weight excluding hydrogens is 330 g/mol. The molecule has 0 saturated carbocycles. The number of nitrogens with zero attached hydrogens (tertiary/aromatic N) is 1. The van der Waals surface area contributed by atoms with Crippen LogP contribution in [0, 0.1) is 11.8 Å². The molecule has 1 unspecified atom stereocenters. The maximum absolute atomic E-state index is 13.5. The SMILES string of the molecule is CC(NC(=O)c1ccnc(F)c1F)c1cccc(Br)c1. The zero-order valence-corrected chi connectivity index (χ0v) is 12.1. The maximum atomic E-state index is 13.5. The van der Waals surface area contributed by atoms with Crippen molar-refractivity contribution in [1.82, 2.24) is 10.3 Å². The van der Waals surface area contributed by atoms with E-state index >= 15 is 0 Å². The molecule has 1 atom stereocenters. The second-order valence-electron chi connectivity index (χ2n) is 4.21. The van der Waals surface area contributed by atoms with Crippen LogP contribution in [-0.2, 0) is 0 Å². The number of rotatable bonds is 3. The van der Waals surface area contributed by atoms with E-state index in [-0.39, 0.29) is 11.6 Å². The van der Waals surface area contributed by atoms with Gasteiger partial charge in [0.25, 0.3) is 5.91 Å². The maximum Gasteiger partial charge on any atom is 0.254 e. The van der Waals surface area contributed by atoms with Crippen LogP contribution in [0.5, 0.6) is 0 Å². The summed E-state index contributed by atoms with van der Waals surface area (Å²) in [7, 11) is 0. The lowest BCUT2D eigenvalue weighted by molar-refractivity contribution is 0.0934. The van der Waals surface area contributed by atoms with Crippen LogP contribution in [0.2, 0.25) is 0 Å². The fraction of sp³-hybridized carbons (Fsp3) is 0.143. The van der Waals surface area contributed by atoms with Gasteiger partial charge in [-0.25, -0.2) is 9.37 Å². The van der Waals surface area contributed by atoms with E-state index in [1.165, 1.54) is 0 Å². The Morgan fingerprint density at radius 1 is 1.35 bits per heavy atom. The van der Waals surface area contributed by atoms with E-state index in [0.717, 1.165) is 22.3 Å². The molecule has 0 aliphatic carbocycles. The van der Waals surface area contributed by atoms with Crippen molar-refractivity contribution in [2.75, 3.05) is 0 Å². The summed E-state index contributed by atoms with van der Waals surface area (Å²) in [5.74, 6) is -3.21. The van der Waals surface area contributed by atoms with Crippen molar-refractivity contribution in [3.63, 3.8) is 0 Å². The summed E-state index contributed by atoms with van der Waals surface area (Å²) in [6.07, 6.45) is 1.05. The van der Waals surface area contributed by atoms with Crippen molar-refractivity contribution in [3.8, 4) is 0 Å². The first-order valence-electron chi connectivity index (χ1n) is 5.85. The van der Waals surface area contributed by atoms with Gasteiger partial charge in [-0.15, -0.1) is 0 Å². The van der Waals surface area contributed by atoms with Crippen LogP contribution in [-0.4, -0.2) is 10.9 Å². The standard InChI is InChI=1S/C14H11BrF2N2O/c1-8(9-3-2-4-10(15)7-9)19-14(20)11-5-6-18-13(17)12(11)16/h2-8H,1H3,(H,19,20). The quantitative estimate of drug-likeness (QED) is 0.867. The van der Waals surface area contributed by atoms with Crippen LogP contribution < -0.4 is 5.32 Å². The molecule has 2 aromatic rings. The van der Waals surface area contributed by atoms with E-state index < -0.39 is 17.7 Å². The molecule has 0 radical (unpaired) electrons. The number of pyridine rings is 1. The van der Waals surface area contributed by atoms with Gasteiger partial charge in [0.05, 0.1) is 11.6 Å². The molecule has 0 fully saturated rings. The van der Waals surface area contributed by atoms with Crippen molar-refractivity contribution >= 4 is 21.8 Å². The molecule has 104 valence electrons. The number of aromatic nitrogens is 1. The van der Waals surface area contributed by atoms with Gasteiger partial charge in [-0.3, -0.25) is 4.79 Å². The summed E-state index contributed by atoms with van der Waals surface area (Å²) in [5, 5.41) is 2.61. The normalized spacial score (nSPS) is 12.0. The summed E-state index contributed by atoms with van der Waals surface area (Å²) in [6, 6.07) is 8.16. The molecular formula is C14H11BrF2N2O. The Bertz CT molecular complexity index is 649. The lowest BCUT2D eigenvalue weighted by Gasteiger charge is -2.15. The topological polar surface area (TPSA) is 42.0 Å². The third-order valence-corrected chi connectivity index (χ3v) is 3.28. The van der Waals surface area contributed by atoms with Crippen LogP contribution in [0.3, 0.4) is 0 Å². The molecule has 0 aliphatic heterocycles. The second kappa shape index (κ2) is 6.09. The highest BCUT2D eigenvalue weighted by atomic mass is 79.9. The van der Waals surface area contributed by atoms with E-state index in [1.54, 1.807) is 6.92 Å². The molecule has 3 nitrogen and oxygen atoms in total. The van der Waals surface area contributed by atoms with Crippen LogP contribution in [0.25, 0.3) is 0 Å². The summed E-state index contributed by atoms with van der Waals surface area (Å²) >= 11 is 3.33. The Kier molecular flexibility index (Phi) is 4.44.